The van der Waals surface area contributed by atoms with Gasteiger partial charge in [-0.2, -0.15) is 0 Å². The highest BCUT2D eigenvalue weighted by Gasteiger charge is 2.24. The van der Waals surface area contributed by atoms with Crippen LogP contribution < -0.4 is 9.62 Å². The van der Waals surface area contributed by atoms with Gasteiger partial charge in [0.05, 0.1) is 10.6 Å². The summed E-state index contributed by atoms with van der Waals surface area (Å²) in [5.41, 5.74) is 1.63. The molecule has 0 heterocycles. The number of anilines is 1. The average Bonchev–Trinajstić information content (AvgIpc) is 2.75. The van der Waals surface area contributed by atoms with Gasteiger partial charge in [-0.05, 0) is 50.5 Å². The molecule has 0 saturated heterocycles. The number of nitrogens with one attached hydrogen (secondary N) is 1. The van der Waals surface area contributed by atoms with Crippen molar-refractivity contribution in [1.82, 2.24) is 5.32 Å². The minimum absolute atomic E-state index is 0.0338. The highest BCUT2D eigenvalue weighted by atomic mass is 32.2. The van der Waals surface area contributed by atoms with E-state index in [1.54, 1.807) is 36.4 Å². The molecule has 164 valence electrons. The highest BCUT2D eigenvalue weighted by Crippen LogP contribution is 2.24. The van der Waals surface area contributed by atoms with Crippen molar-refractivity contribution in [2.45, 2.75) is 57.8 Å². The van der Waals surface area contributed by atoms with Crippen LogP contribution in [0.5, 0.6) is 0 Å². The van der Waals surface area contributed by atoms with Crippen LogP contribution in [0.2, 0.25) is 0 Å². The third-order valence-corrected chi connectivity index (χ3v) is 7.10. The first-order chi connectivity index (χ1) is 14.4. The summed E-state index contributed by atoms with van der Waals surface area (Å²) < 4.78 is 28.0. The summed E-state index contributed by atoms with van der Waals surface area (Å²) in [7, 11) is -3.68. The number of benzene rings is 2. The number of sulfonamides is 1. The maximum atomic E-state index is 13.3. The van der Waals surface area contributed by atoms with E-state index in [0.717, 1.165) is 31.2 Å². The van der Waals surface area contributed by atoms with Gasteiger partial charge < -0.3 is 5.32 Å². The third kappa shape index (κ3) is 6.59. The van der Waals surface area contributed by atoms with Crippen LogP contribution in [0.3, 0.4) is 0 Å². The fourth-order valence-corrected chi connectivity index (χ4v) is 4.87. The molecule has 0 aliphatic rings. The van der Waals surface area contributed by atoms with Crippen LogP contribution >= 0.6 is 0 Å². The van der Waals surface area contributed by atoms with E-state index in [1.807, 2.05) is 32.0 Å². The molecule has 30 heavy (non-hydrogen) atoms. The largest absolute Gasteiger partial charge is 0.356 e. The molecule has 0 spiro atoms. The van der Waals surface area contributed by atoms with Crippen LogP contribution in [0, 0.1) is 12.8 Å². The first kappa shape index (κ1) is 23.9. The lowest BCUT2D eigenvalue weighted by Gasteiger charge is -2.25. The molecule has 1 unspecified atom stereocenters. The van der Waals surface area contributed by atoms with Crippen molar-refractivity contribution in [3.8, 4) is 0 Å². The summed E-state index contributed by atoms with van der Waals surface area (Å²) in [5, 5.41) is 2.99. The van der Waals surface area contributed by atoms with Gasteiger partial charge in [-0.3, -0.25) is 9.10 Å². The smallest absolute Gasteiger partial charge is 0.264 e. The normalized spacial score (nSPS) is 12.4. The molecule has 0 bridgehead atoms. The Morgan fingerprint density at radius 3 is 2.27 bits per heavy atom. The Morgan fingerprint density at radius 2 is 1.67 bits per heavy atom. The van der Waals surface area contributed by atoms with Gasteiger partial charge >= 0.3 is 0 Å². The second-order valence-electron chi connectivity index (χ2n) is 7.62. The molecule has 0 aliphatic carbocycles. The summed E-state index contributed by atoms with van der Waals surface area (Å²) >= 11 is 0. The summed E-state index contributed by atoms with van der Waals surface area (Å²) in [6.07, 6.45) is 4.38. The minimum Gasteiger partial charge on any atom is -0.356 e. The summed E-state index contributed by atoms with van der Waals surface area (Å²) in [6.45, 7) is 6.83. The molecule has 0 radical (unpaired) electrons. The van der Waals surface area contributed by atoms with Gasteiger partial charge in [-0.1, -0.05) is 62.6 Å². The quantitative estimate of drug-likeness (QED) is 0.486. The zero-order chi connectivity index (χ0) is 22.0. The first-order valence-corrected chi connectivity index (χ1v) is 12.3. The Hall–Kier alpha value is -2.34. The van der Waals surface area contributed by atoms with E-state index in [4.69, 9.17) is 0 Å². The van der Waals surface area contributed by atoms with Crippen molar-refractivity contribution >= 4 is 21.6 Å². The van der Waals surface area contributed by atoms with E-state index in [0.29, 0.717) is 25.2 Å². The molecule has 0 aliphatic heterocycles. The van der Waals surface area contributed by atoms with Gasteiger partial charge in [0.25, 0.3) is 10.0 Å². The summed E-state index contributed by atoms with van der Waals surface area (Å²) in [5.74, 6) is 0.102. The van der Waals surface area contributed by atoms with E-state index in [1.165, 1.54) is 4.31 Å². The van der Waals surface area contributed by atoms with Crippen LogP contribution in [0.25, 0.3) is 0 Å². The Balaban J connectivity index is 2.07. The van der Waals surface area contributed by atoms with Gasteiger partial charge in [0.15, 0.2) is 0 Å². The second-order valence-corrected chi connectivity index (χ2v) is 9.48. The molecule has 1 amide bonds. The molecule has 0 saturated carbocycles. The van der Waals surface area contributed by atoms with Gasteiger partial charge in [0.1, 0.15) is 0 Å². The van der Waals surface area contributed by atoms with Gasteiger partial charge in [-0.25, -0.2) is 8.42 Å². The number of carbonyl (C=O) groups is 1. The van der Waals surface area contributed by atoms with Crippen LogP contribution in [0.15, 0.2) is 59.5 Å². The van der Waals surface area contributed by atoms with Crippen LogP contribution in [0.1, 0.15) is 51.5 Å². The van der Waals surface area contributed by atoms with Crippen molar-refractivity contribution in [2.24, 2.45) is 5.92 Å². The van der Waals surface area contributed by atoms with E-state index in [9.17, 15) is 13.2 Å². The van der Waals surface area contributed by atoms with Crippen molar-refractivity contribution < 1.29 is 13.2 Å². The molecule has 5 nitrogen and oxygen atoms in total. The lowest BCUT2D eigenvalue weighted by atomic mass is 9.98. The molecule has 0 fully saturated rings. The summed E-state index contributed by atoms with van der Waals surface area (Å²) in [4.78, 5) is 12.7. The number of para-hydroxylation sites is 1. The Bertz CT molecular complexity index is 880. The van der Waals surface area contributed by atoms with Crippen LogP contribution in [-0.4, -0.2) is 27.4 Å². The predicted octanol–water partition coefficient (Wildman–Crippen LogP) is 4.91. The molecule has 2 rings (SSSR count). The Labute approximate surface area is 181 Å². The standard InChI is InChI=1S/C24H34N2O3S/c1-4-6-11-21(5-2)24(27)25-18-10-19-26(22-12-8-7-9-13-22)30(28,29)23-16-14-20(3)15-17-23/h7-9,12-17,21H,4-6,10-11,18-19H2,1-3H3,(H,25,27). The molecule has 1 atom stereocenters. The molecule has 2 aromatic carbocycles. The van der Waals surface area contributed by atoms with E-state index in [2.05, 4.69) is 12.2 Å². The topological polar surface area (TPSA) is 66.5 Å². The van der Waals surface area contributed by atoms with Crippen molar-refractivity contribution in [2.75, 3.05) is 17.4 Å². The van der Waals surface area contributed by atoms with Crippen LogP contribution in [0.4, 0.5) is 5.69 Å². The predicted molar refractivity (Wildman–Crippen MR) is 123 cm³/mol. The monoisotopic (exact) mass is 430 g/mol. The van der Waals surface area contributed by atoms with Crippen LogP contribution in [-0.2, 0) is 14.8 Å². The molecule has 1 N–H and O–H groups in total. The number of carbonyl (C=O) groups excluding carboxylic acids is 1. The molecular formula is C24H34N2O3S. The lowest BCUT2D eigenvalue weighted by Crippen LogP contribution is -2.36. The SMILES string of the molecule is CCCCC(CC)C(=O)NCCCN(c1ccccc1)S(=O)(=O)c1ccc(C)cc1. The van der Waals surface area contributed by atoms with Gasteiger partial charge in [0, 0.05) is 19.0 Å². The number of rotatable bonds is 12. The maximum absolute atomic E-state index is 13.3. The number of hydrogen-bond donors (Lipinski definition) is 1. The molecule has 0 aromatic heterocycles. The maximum Gasteiger partial charge on any atom is 0.264 e. The molecule has 6 heteroatoms. The van der Waals surface area contributed by atoms with E-state index < -0.39 is 10.0 Å². The second kappa shape index (κ2) is 11.7. The number of aryl methyl sites for hydroxylation is 1. The summed E-state index contributed by atoms with van der Waals surface area (Å²) in [6, 6.07) is 16.0. The lowest BCUT2D eigenvalue weighted by molar-refractivity contribution is -0.125. The van der Waals surface area contributed by atoms with Gasteiger partial charge in [0.2, 0.25) is 5.91 Å². The minimum atomic E-state index is -3.68. The van der Waals surface area contributed by atoms with Gasteiger partial charge in [-0.15, -0.1) is 0 Å². The van der Waals surface area contributed by atoms with E-state index >= 15 is 0 Å². The van der Waals surface area contributed by atoms with Crippen molar-refractivity contribution in [3.05, 3.63) is 60.2 Å². The number of amides is 1. The Kier molecular flexibility index (Phi) is 9.37. The number of unbranched alkanes of at least 4 members (excludes halogenated alkanes) is 1. The number of nitrogens with zero attached hydrogens (tertiary/aromatic N) is 1. The van der Waals surface area contributed by atoms with Crippen molar-refractivity contribution in [1.29, 1.82) is 0 Å². The fourth-order valence-electron chi connectivity index (χ4n) is 3.37. The zero-order valence-corrected chi connectivity index (χ0v) is 19.1. The fraction of sp³-hybridized carbons (Fsp3) is 0.458. The highest BCUT2D eigenvalue weighted by molar-refractivity contribution is 7.92. The average molecular weight is 431 g/mol. The zero-order valence-electron chi connectivity index (χ0n) is 18.3. The first-order valence-electron chi connectivity index (χ1n) is 10.8. The Morgan fingerprint density at radius 1 is 1.00 bits per heavy atom. The van der Waals surface area contributed by atoms with Crippen molar-refractivity contribution in [3.63, 3.8) is 0 Å². The molecular weight excluding hydrogens is 396 g/mol. The number of hydrogen-bond acceptors (Lipinski definition) is 3. The van der Waals surface area contributed by atoms with E-state index in [-0.39, 0.29) is 16.7 Å². The molecule has 2 aromatic rings. The third-order valence-electron chi connectivity index (χ3n) is 5.26.